The van der Waals surface area contributed by atoms with Crippen LogP contribution in [0, 0.1) is 0 Å². The van der Waals surface area contributed by atoms with Gasteiger partial charge in [0.1, 0.15) is 0 Å². The summed E-state index contributed by atoms with van der Waals surface area (Å²) in [6.45, 7) is -2.89. The third-order valence-electron chi connectivity index (χ3n) is 3.39. The predicted molar refractivity (Wildman–Crippen MR) is 78.8 cm³/mol. The van der Waals surface area contributed by atoms with E-state index in [1.165, 1.54) is 0 Å². The molecule has 1 saturated heterocycles. The number of nitrogens with zero attached hydrogens (tertiary/aromatic N) is 2. The van der Waals surface area contributed by atoms with Gasteiger partial charge < -0.3 is 4.90 Å². The Balaban J connectivity index is 2.85. The average molecular weight is 491 g/mol. The quantitative estimate of drug-likeness (QED) is 0.522. The molecule has 1 atom stereocenters. The summed E-state index contributed by atoms with van der Waals surface area (Å²) in [7, 11) is -16.9. The molecule has 0 spiro atoms. The first-order valence-corrected chi connectivity index (χ1v) is 11.1. The summed E-state index contributed by atoms with van der Waals surface area (Å²) < 4.78 is 152. The van der Waals surface area contributed by atoms with Gasteiger partial charge in [0.2, 0.25) is 0 Å². The molecule has 0 aromatic carbocycles. The van der Waals surface area contributed by atoms with Crippen molar-refractivity contribution in [3.05, 3.63) is 0 Å². The van der Waals surface area contributed by atoms with Gasteiger partial charge in [-0.15, -0.1) is 4.13 Å². The maximum Gasteiger partial charge on any atom is 0.512 e. The van der Waals surface area contributed by atoms with Crippen LogP contribution in [-0.4, -0.2) is 79.2 Å². The molecule has 1 N–H and O–H groups in total. The Hall–Kier alpha value is -0.630. The number of halogens is 8. The molecule has 168 valence electrons. The van der Waals surface area contributed by atoms with Crippen molar-refractivity contribution in [3.63, 3.8) is 0 Å². The lowest BCUT2D eigenvalue weighted by molar-refractivity contribution is -0.138. The van der Waals surface area contributed by atoms with Crippen molar-refractivity contribution in [2.24, 2.45) is 0 Å². The van der Waals surface area contributed by atoms with Gasteiger partial charge in [0.25, 0.3) is 10.0 Å². The Morgan fingerprint density at radius 1 is 0.857 bits per heavy atom. The highest BCUT2D eigenvalue weighted by atomic mass is 32.3. The van der Waals surface area contributed by atoms with Crippen molar-refractivity contribution in [1.29, 1.82) is 0 Å². The lowest BCUT2D eigenvalue weighted by Gasteiger charge is -2.35. The van der Waals surface area contributed by atoms with Crippen LogP contribution in [0.25, 0.3) is 0 Å². The summed E-state index contributed by atoms with van der Waals surface area (Å²) in [6, 6.07) is 0. The van der Waals surface area contributed by atoms with Crippen LogP contribution in [0.1, 0.15) is 6.42 Å². The molecule has 0 bridgehead atoms. The smallest absolute Gasteiger partial charge is 0.300 e. The van der Waals surface area contributed by atoms with Crippen molar-refractivity contribution < 1.29 is 56.2 Å². The fourth-order valence-electron chi connectivity index (χ4n) is 1.92. The Bertz CT molecular complexity index is 787. The van der Waals surface area contributed by atoms with Gasteiger partial charge in [0, 0.05) is 32.7 Å². The lowest BCUT2D eigenvalue weighted by Crippen LogP contribution is -2.56. The van der Waals surface area contributed by atoms with E-state index in [-0.39, 0.29) is 8.43 Å². The molecule has 8 nitrogen and oxygen atoms in total. The molecule has 0 radical (unpaired) electrons. The molecule has 0 amide bonds. The number of sulfonamides is 2. The Morgan fingerprint density at radius 3 is 1.71 bits per heavy atom. The zero-order valence-corrected chi connectivity index (χ0v) is 15.9. The van der Waals surface area contributed by atoms with Crippen LogP contribution in [0.4, 0.5) is 35.1 Å². The standard InChI is InChI=1S/C9H13F8N3O5S3/c10-7(11,12)1-2-19-3-5-20(6-4-19)28(24,25)9(16,17)26(21)18-27(22,23)8(13,14)15/h18H,1-6H2. The molecule has 0 aromatic heterocycles. The summed E-state index contributed by atoms with van der Waals surface area (Å²) in [5, 5.41) is 0. The van der Waals surface area contributed by atoms with Crippen molar-refractivity contribution in [2.45, 2.75) is 22.7 Å². The normalized spacial score (nSPS) is 20.3. The lowest BCUT2D eigenvalue weighted by atomic mass is 10.3. The zero-order chi connectivity index (χ0) is 22.2. The summed E-state index contributed by atoms with van der Waals surface area (Å²) >= 11 is 0. The minimum Gasteiger partial charge on any atom is -0.300 e. The molecule has 1 rings (SSSR count). The number of rotatable bonds is 7. The molecule has 0 aliphatic carbocycles. The molecule has 1 fully saturated rings. The minimum atomic E-state index is -6.53. The SMILES string of the molecule is O=S(NS(=O)(=O)C(F)(F)F)C(F)(F)S(=O)(=O)N1CCN(CCC(F)(F)F)CC1. The molecular formula is C9H13F8N3O5S3. The Kier molecular flexibility index (Phi) is 7.48. The second-order valence-electron chi connectivity index (χ2n) is 5.38. The summed E-state index contributed by atoms with van der Waals surface area (Å²) in [4.78, 5) is 1.11. The second-order valence-corrected chi connectivity index (χ2v) is 10.8. The van der Waals surface area contributed by atoms with Gasteiger partial charge >= 0.3 is 26.3 Å². The molecule has 1 heterocycles. The zero-order valence-electron chi connectivity index (χ0n) is 13.4. The number of piperazine rings is 1. The van der Waals surface area contributed by atoms with Crippen LogP contribution in [0.5, 0.6) is 0 Å². The van der Waals surface area contributed by atoms with Crippen LogP contribution in [0.2, 0.25) is 0 Å². The van der Waals surface area contributed by atoms with E-state index < -0.39 is 86.4 Å². The Labute approximate surface area is 156 Å². The molecule has 0 aromatic rings. The third kappa shape index (κ3) is 5.94. The van der Waals surface area contributed by atoms with Crippen LogP contribution in [-0.2, 0) is 31.0 Å². The van der Waals surface area contributed by atoms with E-state index >= 15 is 0 Å². The molecule has 1 unspecified atom stereocenters. The van der Waals surface area contributed by atoms with E-state index in [9.17, 15) is 56.2 Å². The molecule has 1 aliphatic rings. The topological polar surface area (TPSA) is 104 Å². The van der Waals surface area contributed by atoms with Crippen molar-refractivity contribution in [1.82, 2.24) is 13.3 Å². The van der Waals surface area contributed by atoms with E-state index in [4.69, 9.17) is 0 Å². The van der Waals surface area contributed by atoms with Gasteiger partial charge in [-0.3, -0.25) is 0 Å². The second kappa shape index (κ2) is 8.25. The van der Waals surface area contributed by atoms with Crippen molar-refractivity contribution >= 4 is 31.0 Å². The predicted octanol–water partition coefficient (Wildman–Crippen LogP) is 0.539. The highest BCUT2D eigenvalue weighted by Gasteiger charge is 2.58. The van der Waals surface area contributed by atoms with Gasteiger partial charge in [0.05, 0.1) is 6.42 Å². The van der Waals surface area contributed by atoms with Crippen LogP contribution in [0.15, 0.2) is 0 Å². The largest absolute Gasteiger partial charge is 0.512 e. The first-order chi connectivity index (χ1) is 12.3. The van der Waals surface area contributed by atoms with Gasteiger partial charge in [-0.1, -0.05) is 0 Å². The van der Waals surface area contributed by atoms with E-state index in [0.717, 1.165) is 4.90 Å². The molecule has 19 heteroatoms. The van der Waals surface area contributed by atoms with E-state index in [0.29, 0.717) is 0 Å². The highest BCUT2D eigenvalue weighted by Crippen LogP contribution is 2.31. The maximum absolute atomic E-state index is 13.9. The van der Waals surface area contributed by atoms with Gasteiger partial charge in [-0.25, -0.2) is 21.0 Å². The maximum atomic E-state index is 13.9. The molecule has 1 aliphatic heterocycles. The average Bonchev–Trinajstić information content (AvgIpc) is 2.50. The summed E-state index contributed by atoms with van der Waals surface area (Å²) in [6.07, 6.45) is -5.73. The van der Waals surface area contributed by atoms with Gasteiger partial charge in [-0.05, 0) is 0 Å². The number of alkyl halides is 8. The Morgan fingerprint density at radius 2 is 1.32 bits per heavy atom. The number of hydrogen-bond acceptors (Lipinski definition) is 6. The minimum absolute atomic E-state index is 0.0108. The monoisotopic (exact) mass is 491 g/mol. The van der Waals surface area contributed by atoms with E-state index in [1.807, 2.05) is 0 Å². The molecular weight excluding hydrogens is 478 g/mol. The summed E-state index contributed by atoms with van der Waals surface area (Å²) in [5.41, 5.74) is -6.12. The number of nitrogens with one attached hydrogen (secondary N) is 1. The van der Waals surface area contributed by atoms with Crippen LogP contribution in [0.3, 0.4) is 0 Å². The highest BCUT2D eigenvalue weighted by molar-refractivity contribution is 8.10. The van der Waals surface area contributed by atoms with Crippen molar-refractivity contribution in [2.75, 3.05) is 32.7 Å². The van der Waals surface area contributed by atoms with E-state index in [2.05, 4.69) is 0 Å². The fraction of sp³-hybridized carbons (Fsp3) is 1.00. The number of hydrogen-bond donors (Lipinski definition) is 1. The van der Waals surface area contributed by atoms with Gasteiger partial charge in [-0.2, -0.15) is 39.4 Å². The van der Waals surface area contributed by atoms with E-state index in [1.54, 1.807) is 0 Å². The molecule has 0 saturated carbocycles. The summed E-state index contributed by atoms with van der Waals surface area (Å²) in [5.74, 6) is 0. The van der Waals surface area contributed by atoms with Crippen molar-refractivity contribution in [3.8, 4) is 0 Å². The van der Waals surface area contributed by atoms with Crippen LogP contribution >= 0.6 is 0 Å². The first kappa shape index (κ1) is 25.4. The third-order valence-corrected chi connectivity index (χ3v) is 8.64. The molecule has 28 heavy (non-hydrogen) atoms. The van der Waals surface area contributed by atoms with Gasteiger partial charge in [0.15, 0.2) is 11.0 Å². The first-order valence-electron chi connectivity index (χ1n) is 6.98. The van der Waals surface area contributed by atoms with Crippen LogP contribution < -0.4 is 4.13 Å². The fourth-order valence-corrected chi connectivity index (χ4v) is 5.82.